The van der Waals surface area contributed by atoms with E-state index >= 15 is 0 Å². The van der Waals surface area contributed by atoms with Crippen molar-refractivity contribution in [3.63, 3.8) is 0 Å². The van der Waals surface area contributed by atoms with Crippen molar-refractivity contribution in [1.29, 1.82) is 0 Å². The van der Waals surface area contributed by atoms with Crippen molar-refractivity contribution in [1.82, 2.24) is 9.55 Å². The molecule has 0 fully saturated rings. The van der Waals surface area contributed by atoms with Gasteiger partial charge in [-0.3, -0.25) is 0 Å². The van der Waals surface area contributed by atoms with Gasteiger partial charge in [-0.2, -0.15) is 0 Å². The summed E-state index contributed by atoms with van der Waals surface area (Å²) in [5.41, 5.74) is 12.9. The van der Waals surface area contributed by atoms with Crippen LogP contribution in [0.4, 0.5) is 0 Å². The molecule has 2 atom stereocenters. The average Bonchev–Trinajstić information content (AvgIpc) is 3.08. The number of nitrogens with zero attached hydrogens (tertiary/aromatic N) is 2. The van der Waals surface area contributed by atoms with E-state index < -0.39 is 0 Å². The number of aromatic nitrogens is 2. The molecule has 0 saturated carbocycles. The summed E-state index contributed by atoms with van der Waals surface area (Å²) < 4.78 is 12.7. The van der Waals surface area contributed by atoms with Gasteiger partial charge >= 0.3 is 0 Å². The molecule has 2 unspecified atom stereocenters. The van der Waals surface area contributed by atoms with Crippen molar-refractivity contribution in [2.45, 2.75) is 12.1 Å². The van der Waals surface area contributed by atoms with Crippen LogP contribution in [0.25, 0.3) is 0 Å². The summed E-state index contributed by atoms with van der Waals surface area (Å²) in [7, 11) is 0. The van der Waals surface area contributed by atoms with Crippen molar-refractivity contribution >= 4 is 0 Å². The maximum absolute atomic E-state index is 6.14. The lowest BCUT2D eigenvalue weighted by Gasteiger charge is -2.24. The lowest BCUT2D eigenvalue weighted by Crippen LogP contribution is -2.39. The van der Waals surface area contributed by atoms with Gasteiger partial charge in [-0.05, 0) is 17.7 Å². The van der Waals surface area contributed by atoms with Gasteiger partial charge in [-0.1, -0.05) is 6.07 Å². The Kier molecular flexibility index (Phi) is 3.10. The van der Waals surface area contributed by atoms with Gasteiger partial charge in [0.15, 0.2) is 11.5 Å². The Morgan fingerprint density at radius 1 is 1.32 bits per heavy atom. The number of benzene rings is 1. The molecule has 4 N–H and O–H groups in total. The highest BCUT2D eigenvalue weighted by Gasteiger charge is 2.23. The second-order valence-electron chi connectivity index (χ2n) is 4.47. The number of imidazole rings is 1. The topological polar surface area (TPSA) is 88.3 Å². The highest BCUT2D eigenvalue weighted by molar-refractivity contribution is 5.45. The molecule has 1 aliphatic rings. The van der Waals surface area contributed by atoms with Crippen LogP contribution in [-0.2, 0) is 0 Å². The van der Waals surface area contributed by atoms with E-state index in [9.17, 15) is 0 Å². The Hall–Kier alpha value is -2.05. The number of nitrogens with two attached hydrogens (primary N) is 2. The summed E-state index contributed by atoms with van der Waals surface area (Å²) in [6.07, 6.45) is 5.35. The minimum atomic E-state index is -0.199. The fraction of sp³-hybridized carbons (Fsp3) is 0.308. The van der Waals surface area contributed by atoms with Crippen LogP contribution in [0, 0.1) is 0 Å². The molecule has 2 aromatic rings. The normalized spacial score (nSPS) is 16.3. The maximum Gasteiger partial charge on any atom is 0.231 e. The minimum Gasteiger partial charge on any atom is -0.454 e. The smallest absolute Gasteiger partial charge is 0.231 e. The van der Waals surface area contributed by atoms with Crippen LogP contribution < -0.4 is 20.9 Å². The third-order valence-corrected chi connectivity index (χ3v) is 3.26. The zero-order valence-corrected chi connectivity index (χ0v) is 10.4. The van der Waals surface area contributed by atoms with E-state index in [0.29, 0.717) is 6.54 Å². The summed E-state index contributed by atoms with van der Waals surface area (Å²) in [4.78, 5) is 4.07. The van der Waals surface area contributed by atoms with Crippen LogP contribution in [0.15, 0.2) is 36.9 Å². The van der Waals surface area contributed by atoms with Crippen LogP contribution in [0.1, 0.15) is 11.6 Å². The van der Waals surface area contributed by atoms with E-state index in [0.717, 1.165) is 17.1 Å². The summed E-state index contributed by atoms with van der Waals surface area (Å²) in [5, 5.41) is 0. The quantitative estimate of drug-likeness (QED) is 0.835. The molecule has 0 saturated heterocycles. The molecule has 0 amide bonds. The molecule has 6 nitrogen and oxygen atoms in total. The van der Waals surface area contributed by atoms with Gasteiger partial charge in [0.1, 0.15) is 0 Å². The molecular formula is C13H16N4O2. The summed E-state index contributed by atoms with van der Waals surface area (Å²) in [5.74, 6) is 1.50. The Labute approximate surface area is 110 Å². The first-order valence-corrected chi connectivity index (χ1v) is 6.12. The molecule has 0 bridgehead atoms. The molecule has 1 aromatic carbocycles. The monoisotopic (exact) mass is 260 g/mol. The van der Waals surface area contributed by atoms with Gasteiger partial charge in [-0.15, -0.1) is 0 Å². The molecule has 3 rings (SSSR count). The summed E-state index contributed by atoms with van der Waals surface area (Å²) >= 11 is 0. The van der Waals surface area contributed by atoms with E-state index in [2.05, 4.69) is 4.98 Å². The average molecular weight is 260 g/mol. The standard InChI is InChI=1S/C13H16N4O2/c14-6-10(15)13(17-4-3-16-7-17)9-1-2-11-12(5-9)19-8-18-11/h1-5,7,10,13H,6,8,14-15H2. The van der Waals surface area contributed by atoms with Crippen molar-refractivity contribution in [3.8, 4) is 11.5 Å². The molecule has 19 heavy (non-hydrogen) atoms. The van der Waals surface area contributed by atoms with E-state index in [-0.39, 0.29) is 18.9 Å². The van der Waals surface area contributed by atoms with Crippen molar-refractivity contribution in [3.05, 3.63) is 42.5 Å². The second-order valence-corrected chi connectivity index (χ2v) is 4.47. The first kappa shape index (κ1) is 12.0. The van der Waals surface area contributed by atoms with Crippen molar-refractivity contribution < 1.29 is 9.47 Å². The molecule has 0 aliphatic carbocycles. The predicted molar refractivity (Wildman–Crippen MR) is 70.0 cm³/mol. The molecule has 6 heteroatoms. The highest BCUT2D eigenvalue weighted by atomic mass is 16.7. The molecule has 1 aliphatic heterocycles. The first-order chi connectivity index (χ1) is 9.29. The molecule has 0 radical (unpaired) electrons. The Morgan fingerprint density at radius 2 is 2.16 bits per heavy atom. The van der Waals surface area contributed by atoms with Gasteiger partial charge < -0.3 is 25.5 Å². The van der Waals surface area contributed by atoms with E-state index in [1.54, 1.807) is 12.5 Å². The SMILES string of the molecule is NCC(N)C(c1ccc2c(c1)OCO2)n1ccnc1. The van der Waals surface area contributed by atoms with Crippen molar-refractivity contribution in [2.24, 2.45) is 11.5 Å². The second kappa shape index (κ2) is 4.91. The van der Waals surface area contributed by atoms with Crippen LogP contribution in [0.3, 0.4) is 0 Å². The van der Waals surface area contributed by atoms with Gasteiger partial charge in [0.25, 0.3) is 0 Å². The number of ether oxygens (including phenoxy) is 2. The number of rotatable bonds is 4. The van der Waals surface area contributed by atoms with Crippen LogP contribution in [0.5, 0.6) is 11.5 Å². The largest absolute Gasteiger partial charge is 0.454 e. The molecule has 1 aromatic heterocycles. The van der Waals surface area contributed by atoms with E-state index in [1.165, 1.54) is 0 Å². The van der Waals surface area contributed by atoms with Gasteiger partial charge in [0.05, 0.1) is 12.4 Å². The van der Waals surface area contributed by atoms with Gasteiger partial charge in [0.2, 0.25) is 6.79 Å². The number of fused-ring (bicyclic) bond motifs is 1. The lowest BCUT2D eigenvalue weighted by atomic mass is 9.99. The summed E-state index contributed by atoms with van der Waals surface area (Å²) in [6.45, 7) is 0.648. The molecule has 2 heterocycles. The fourth-order valence-electron chi connectivity index (χ4n) is 2.30. The Bertz CT molecular complexity index is 556. The van der Waals surface area contributed by atoms with Crippen LogP contribution in [-0.4, -0.2) is 28.9 Å². The predicted octanol–water partition coefficient (Wildman–Crippen LogP) is 0.487. The zero-order chi connectivity index (χ0) is 13.2. The van der Waals surface area contributed by atoms with Gasteiger partial charge in [-0.25, -0.2) is 4.98 Å². The first-order valence-electron chi connectivity index (χ1n) is 6.12. The highest BCUT2D eigenvalue weighted by Crippen LogP contribution is 2.35. The molecular weight excluding hydrogens is 244 g/mol. The van der Waals surface area contributed by atoms with E-state index in [4.69, 9.17) is 20.9 Å². The lowest BCUT2D eigenvalue weighted by molar-refractivity contribution is 0.174. The van der Waals surface area contributed by atoms with Crippen LogP contribution in [0.2, 0.25) is 0 Å². The zero-order valence-electron chi connectivity index (χ0n) is 10.4. The van der Waals surface area contributed by atoms with Crippen molar-refractivity contribution in [2.75, 3.05) is 13.3 Å². The summed E-state index contributed by atoms with van der Waals surface area (Å²) in [6, 6.07) is 5.55. The van der Waals surface area contributed by atoms with Gasteiger partial charge in [0, 0.05) is 25.0 Å². The third kappa shape index (κ3) is 2.16. The maximum atomic E-state index is 6.14. The Morgan fingerprint density at radius 3 is 2.89 bits per heavy atom. The fourth-order valence-corrected chi connectivity index (χ4v) is 2.30. The third-order valence-electron chi connectivity index (χ3n) is 3.26. The van der Waals surface area contributed by atoms with E-state index in [1.807, 2.05) is 29.0 Å². The molecule has 100 valence electrons. The Balaban J connectivity index is 2.00. The molecule has 0 spiro atoms. The number of hydrogen-bond acceptors (Lipinski definition) is 5. The van der Waals surface area contributed by atoms with Crippen LogP contribution >= 0.6 is 0 Å². The number of hydrogen-bond donors (Lipinski definition) is 2. The minimum absolute atomic E-state index is 0.0676.